The van der Waals surface area contributed by atoms with Crippen molar-refractivity contribution < 1.29 is 5.11 Å². The highest BCUT2D eigenvalue weighted by Gasteiger charge is 2.28. The molecule has 0 bridgehead atoms. The van der Waals surface area contributed by atoms with E-state index in [0.717, 1.165) is 19.6 Å². The number of hydrogen-bond donors (Lipinski definition) is 2. The lowest BCUT2D eigenvalue weighted by atomic mass is 9.97. The standard InChI is InChI=1S/C17H28N2O/c1-4-6-15-10-18-17(13(2)3)12-19(15)11-14-7-5-8-16(20)9-14/h5,7-9,13,15,17-18,20H,4,6,10-12H2,1-3H3. The van der Waals surface area contributed by atoms with E-state index >= 15 is 0 Å². The number of benzene rings is 1. The molecular weight excluding hydrogens is 248 g/mol. The van der Waals surface area contributed by atoms with Crippen LogP contribution in [0.4, 0.5) is 0 Å². The Bertz CT molecular complexity index is 419. The summed E-state index contributed by atoms with van der Waals surface area (Å²) < 4.78 is 0. The molecule has 1 aliphatic heterocycles. The molecule has 112 valence electrons. The lowest BCUT2D eigenvalue weighted by molar-refractivity contribution is 0.0997. The van der Waals surface area contributed by atoms with Gasteiger partial charge in [0, 0.05) is 31.7 Å². The zero-order chi connectivity index (χ0) is 14.5. The molecule has 0 amide bonds. The quantitative estimate of drug-likeness (QED) is 0.868. The summed E-state index contributed by atoms with van der Waals surface area (Å²) in [7, 11) is 0. The molecule has 3 nitrogen and oxygen atoms in total. The van der Waals surface area contributed by atoms with Crippen LogP contribution in [0.5, 0.6) is 5.75 Å². The van der Waals surface area contributed by atoms with E-state index in [-0.39, 0.29) is 0 Å². The molecule has 1 aromatic rings. The highest BCUT2D eigenvalue weighted by Crippen LogP contribution is 2.20. The van der Waals surface area contributed by atoms with Gasteiger partial charge in [-0.25, -0.2) is 0 Å². The summed E-state index contributed by atoms with van der Waals surface area (Å²) in [4.78, 5) is 2.58. The number of piperazine rings is 1. The van der Waals surface area contributed by atoms with E-state index in [1.165, 1.54) is 18.4 Å². The van der Waals surface area contributed by atoms with Crippen LogP contribution in [-0.4, -0.2) is 35.2 Å². The first kappa shape index (κ1) is 15.3. The van der Waals surface area contributed by atoms with Gasteiger partial charge in [-0.05, 0) is 30.0 Å². The van der Waals surface area contributed by atoms with Crippen LogP contribution in [-0.2, 0) is 6.54 Å². The average Bonchev–Trinajstić information content (AvgIpc) is 2.41. The average molecular weight is 276 g/mol. The van der Waals surface area contributed by atoms with Crippen molar-refractivity contribution in [3.05, 3.63) is 29.8 Å². The number of nitrogens with one attached hydrogen (secondary N) is 1. The number of aromatic hydroxyl groups is 1. The fourth-order valence-corrected chi connectivity index (χ4v) is 3.03. The highest BCUT2D eigenvalue weighted by molar-refractivity contribution is 5.27. The first-order chi connectivity index (χ1) is 9.60. The Morgan fingerprint density at radius 1 is 1.40 bits per heavy atom. The summed E-state index contributed by atoms with van der Waals surface area (Å²) in [6, 6.07) is 8.84. The van der Waals surface area contributed by atoms with Crippen LogP contribution in [0.1, 0.15) is 39.2 Å². The minimum atomic E-state index is 0.366. The van der Waals surface area contributed by atoms with Gasteiger partial charge in [0.15, 0.2) is 0 Å². The number of nitrogens with zero attached hydrogens (tertiary/aromatic N) is 1. The van der Waals surface area contributed by atoms with Crippen LogP contribution < -0.4 is 5.32 Å². The van der Waals surface area contributed by atoms with Crippen LogP contribution in [0.15, 0.2) is 24.3 Å². The third-order valence-corrected chi connectivity index (χ3v) is 4.29. The number of rotatable bonds is 5. The maximum absolute atomic E-state index is 9.62. The third kappa shape index (κ3) is 3.97. The van der Waals surface area contributed by atoms with E-state index in [0.29, 0.717) is 23.8 Å². The molecule has 1 saturated heterocycles. The molecule has 0 spiro atoms. The van der Waals surface area contributed by atoms with Crippen molar-refractivity contribution >= 4 is 0 Å². The fourth-order valence-electron chi connectivity index (χ4n) is 3.03. The van der Waals surface area contributed by atoms with Gasteiger partial charge in [-0.15, -0.1) is 0 Å². The summed E-state index contributed by atoms with van der Waals surface area (Å²) >= 11 is 0. The van der Waals surface area contributed by atoms with E-state index in [2.05, 4.69) is 37.1 Å². The molecule has 0 aliphatic carbocycles. The Balaban J connectivity index is 2.06. The van der Waals surface area contributed by atoms with E-state index in [1.807, 2.05) is 12.1 Å². The van der Waals surface area contributed by atoms with Crippen LogP contribution in [0.3, 0.4) is 0 Å². The van der Waals surface area contributed by atoms with Crippen molar-refractivity contribution in [3.63, 3.8) is 0 Å². The van der Waals surface area contributed by atoms with Gasteiger partial charge < -0.3 is 10.4 Å². The smallest absolute Gasteiger partial charge is 0.115 e. The molecule has 20 heavy (non-hydrogen) atoms. The predicted octanol–water partition coefficient (Wildman–Crippen LogP) is 2.99. The molecule has 3 heteroatoms. The van der Waals surface area contributed by atoms with Crippen LogP contribution >= 0.6 is 0 Å². The second kappa shape index (κ2) is 7.09. The topological polar surface area (TPSA) is 35.5 Å². The van der Waals surface area contributed by atoms with Crippen molar-refractivity contribution in [1.29, 1.82) is 0 Å². The summed E-state index contributed by atoms with van der Waals surface area (Å²) in [5, 5.41) is 13.3. The molecule has 2 rings (SSSR count). The molecule has 0 saturated carbocycles. The van der Waals surface area contributed by atoms with Crippen molar-refractivity contribution in [3.8, 4) is 5.75 Å². The van der Waals surface area contributed by atoms with Gasteiger partial charge in [0.05, 0.1) is 0 Å². The maximum Gasteiger partial charge on any atom is 0.115 e. The van der Waals surface area contributed by atoms with Gasteiger partial charge in [-0.1, -0.05) is 39.3 Å². The second-order valence-electron chi connectivity index (χ2n) is 6.30. The van der Waals surface area contributed by atoms with Crippen molar-refractivity contribution in [2.75, 3.05) is 13.1 Å². The van der Waals surface area contributed by atoms with Gasteiger partial charge in [-0.2, -0.15) is 0 Å². The molecule has 1 heterocycles. The highest BCUT2D eigenvalue weighted by atomic mass is 16.3. The Hall–Kier alpha value is -1.06. The number of phenols is 1. The molecular formula is C17H28N2O. The molecule has 2 atom stereocenters. The van der Waals surface area contributed by atoms with Gasteiger partial charge in [0.25, 0.3) is 0 Å². The first-order valence-electron chi connectivity index (χ1n) is 7.85. The largest absolute Gasteiger partial charge is 0.508 e. The lowest BCUT2D eigenvalue weighted by Crippen LogP contribution is -2.57. The predicted molar refractivity (Wildman–Crippen MR) is 83.8 cm³/mol. The molecule has 1 aliphatic rings. The van der Waals surface area contributed by atoms with Gasteiger partial charge >= 0.3 is 0 Å². The van der Waals surface area contributed by atoms with E-state index in [1.54, 1.807) is 6.07 Å². The molecule has 2 N–H and O–H groups in total. The Morgan fingerprint density at radius 2 is 2.20 bits per heavy atom. The first-order valence-corrected chi connectivity index (χ1v) is 7.85. The Kier molecular flexibility index (Phi) is 5.44. The Morgan fingerprint density at radius 3 is 2.85 bits per heavy atom. The van der Waals surface area contributed by atoms with Gasteiger partial charge in [0.1, 0.15) is 5.75 Å². The zero-order valence-corrected chi connectivity index (χ0v) is 13.0. The lowest BCUT2D eigenvalue weighted by Gasteiger charge is -2.42. The molecule has 0 aromatic heterocycles. The van der Waals surface area contributed by atoms with Crippen LogP contribution in [0.25, 0.3) is 0 Å². The molecule has 2 unspecified atom stereocenters. The van der Waals surface area contributed by atoms with Crippen LogP contribution in [0.2, 0.25) is 0 Å². The molecule has 1 aromatic carbocycles. The van der Waals surface area contributed by atoms with E-state index < -0.39 is 0 Å². The van der Waals surface area contributed by atoms with E-state index in [9.17, 15) is 5.11 Å². The monoisotopic (exact) mass is 276 g/mol. The zero-order valence-electron chi connectivity index (χ0n) is 13.0. The normalized spacial score (nSPS) is 24.2. The second-order valence-corrected chi connectivity index (χ2v) is 6.30. The van der Waals surface area contributed by atoms with Gasteiger partial charge in [0.2, 0.25) is 0 Å². The summed E-state index contributed by atoms with van der Waals surface area (Å²) in [6.45, 7) is 9.92. The van der Waals surface area contributed by atoms with E-state index in [4.69, 9.17) is 0 Å². The van der Waals surface area contributed by atoms with Crippen molar-refractivity contribution in [1.82, 2.24) is 10.2 Å². The number of phenolic OH excluding ortho intramolecular Hbond substituents is 1. The number of hydrogen-bond acceptors (Lipinski definition) is 3. The van der Waals surface area contributed by atoms with Crippen molar-refractivity contribution in [2.24, 2.45) is 5.92 Å². The SMILES string of the molecule is CCCC1CNC(C(C)C)CN1Cc1cccc(O)c1. The molecule has 0 radical (unpaired) electrons. The fraction of sp³-hybridized carbons (Fsp3) is 0.647. The van der Waals surface area contributed by atoms with Gasteiger partial charge in [-0.3, -0.25) is 4.90 Å². The Labute approximate surface area is 123 Å². The summed E-state index contributed by atoms with van der Waals surface area (Å²) in [5.41, 5.74) is 1.20. The van der Waals surface area contributed by atoms with Crippen molar-refractivity contribution in [2.45, 2.75) is 52.2 Å². The minimum absolute atomic E-state index is 0.366. The van der Waals surface area contributed by atoms with Crippen LogP contribution in [0, 0.1) is 5.92 Å². The summed E-state index contributed by atoms with van der Waals surface area (Å²) in [5.74, 6) is 1.02. The third-order valence-electron chi connectivity index (χ3n) is 4.29. The minimum Gasteiger partial charge on any atom is -0.508 e. The summed E-state index contributed by atoms with van der Waals surface area (Å²) in [6.07, 6.45) is 2.45. The maximum atomic E-state index is 9.62. The molecule has 1 fully saturated rings.